The second-order valence-corrected chi connectivity index (χ2v) is 7.46. The van der Waals surface area contributed by atoms with Crippen molar-refractivity contribution in [2.45, 2.75) is 11.8 Å². The zero-order valence-corrected chi connectivity index (χ0v) is 17.5. The molecule has 0 amide bonds. The summed E-state index contributed by atoms with van der Waals surface area (Å²) >= 11 is 0. The van der Waals surface area contributed by atoms with Gasteiger partial charge in [-0.1, -0.05) is 66.7 Å². The average Bonchev–Trinajstić information content (AvgIpc) is 3.33. The predicted octanol–water partition coefficient (Wildman–Crippen LogP) is 5.55. The molecule has 7 heteroatoms. The Morgan fingerprint density at radius 2 is 1.55 bits per heavy atom. The van der Waals surface area contributed by atoms with Crippen molar-refractivity contribution in [1.29, 1.82) is 0 Å². The van der Waals surface area contributed by atoms with Crippen LogP contribution in [0.25, 0.3) is 5.69 Å². The Morgan fingerprint density at radius 3 is 2.18 bits per heavy atom. The van der Waals surface area contributed by atoms with Crippen molar-refractivity contribution in [3.8, 4) is 5.69 Å². The van der Waals surface area contributed by atoms with E-state index in [-0.39, 0.29) is 11.4 Å². The fraction of sp³-hybridized carbons (Fsp3) is 0.0769. The molecule has 4 aromatic rings. The van der Waals surface area contributed by atoms with E-state index in [1.165, 1.54) is 24.4 Å². The van der Waals surface area contributed by atoms with Gasteiger partial charge >= 0.3 is 0 Å². The van der Waals surface area contributed by atoms with Crippen LogP contribution in [-0.2, 0) is 0 Å². The molecule has 0 spiro atoms. The van der Waals surface area contributed by atoms with E-state index >= 15 is 0 Å². The Hall–Kier alpha value is -4.39. The van der Waals surface area contributed by atoms with Crippen LogP contribution in [0.4, 0.5) is 4.39 Å². The smallest absolute Gasteiger partial charge is 0.247 e. The zero-order chi connectivity index (χ0) is 23.4. The van der Waals surface area contributed by atoms with Crippen LogP contribution in [-0.4, -0.2) is 20.3 Å². The molecule has 4 rings (SSSR count). The number of ketones is 1. The molecule has 0 fully saturated rings. The summed E-state index contributed by atoms with van der Waals surface area (Å²) in [5, 5.41) is 11.8. The summed E-state index contributed by atoms with van der Waals surface area (Å²) < 4.78 is 16.5. The van der Waals surface area contributed by atoms with Crippen molar-refractivity contribution >= 4 is 5.78 Å². The second kappa shape index (κ2) is 9.40. The lowest BCUT2D eigenvalue weighted by molar-refractivity contribution is -0.429. The minimum absolute atomic E-state index is 0.0271. The molecule has 2 unspecified atom stereocenters. The minimum atomic E-state index is -1.24. The monoisotopic (exact) mass is 441 g/mol. The number of carbonyl (C=O) groups excluding carboxylic acids is 1. The quantitative estimate of drug-likeness (QED) is 0.204. The number of carbonyl (C=O) groups is 1. The third kappa shape index (κ3) is 4.34. The van der Waals surface area contributed by atoms with Gasteiger partial charge in [0.05, 0.1) is 16.8 Å². The number of hydrogen-bond acceptors (Lipinski definition) is 4. The van der Waals surface area contributed by atoms with Crippen molar-refractivity contribution in [2.75, 3.05) is 0 Å². The number of Topliss-reactive ketones (excluding diaryl/α,β-unsaturated/α-hetero) is 1. The number of halogens is 1. The first-order valence-electron chi connectivity index (χ1n) is 10.2. The van der Waals surface area contributed by atoms with Gasteiger partial charge in [0, 0.05) is 23.6 Å². The highest BCUT2D eigenvalue weighted by atomic mass is 19.1. The van der Waals surface area contributed by atoms with Gasteiger partial charge in [-0.3, -0.25) is 19.5 Å². The lowest BCUT2D eigenvalue weighted by Gasteiger charge is -2.25. The Labute approximate surface area is 189 Å². The largest absolute Gasteiger partial charge is 0.297 e. The van der Waals surface area contributed by atoms with Gasteiger partial charge < -0.3 is 0 Å². The number of rotatable bonds is 8. The normalized spacial score (nSPS) is 12.6. The van der Waals surface area contributed by atoms with Crippen molar-refractivity contribution in [2.24, 2.45) is 0 Å². The Bertz CT molecular complexity index is 1300. The lowest BCUT2D eigenvalue weighted by Crippen LogP contribution is -2.27. The Balaban J connectivity index is 1.92. The number of nitro groups is 1. The van der Waals surface area contributed by atoms with Gasteiger partial charge in [0.15, 0.2) is 5.82 Å². The standard InChI is InChI=1S/C26H20FN3O3/c1-18(30(32)33)23(21-14-8-9-15-22(21)27)24(19-10-4-2-5-11-19)25(31)26-28-16-17-29(26)20-12-6-3-7-13-20/h2-17,23-24H,1H2. The number of benzene rings is 3. The van der Waals surface area contributed by atoms with Gasteiger partial charge in [-0.05, 0) is 30.3 Å². The number of para-hydroxylation sites is 1. The average molecular weight is 441 g/mol. The molecule has 0 saturated heterocycles. The van der Waals surface area contributed by atoms with Crippen molar-refractivity contribution in [1.82, 2.24) is 9.55 Å². The summed E-state index contributed by atoms with van der Waals surface area (Å²) in [4.78, 5) is 29.4. The van der Waals surface area contributed by atoms with Crippen LogP contribution in [0.3, 0.4) is 0 Å². The molecule has 6 nitrogen and oxygen atoms in total. The zero-order valence-electron chi connectivity index (χ0n) is 17.5. The van der Waals surface area contributed by atoms with Gasteiger partial charge in [-0.25, -0.2) is 9.37 Å². The van der Waals surface area contributed by atoms with Crippen LogP contribution < -0.4 is 0 Å². The molecule has 0 saturated carbocycles. The molecule has 33 heavy (non-hydrogen) atoms. The first-order valence-corrected chi connectivity index (χ1v) is 10.2. The van der Waals surface area contributed by atoms with Gasteiger partial charge in [0.1, 0.15) is 5.82 Å². The van der Waals surface area contributed by atoms with Crippen molar-refractivity contribution < 1.29 is 14.1 Å². The predicted molar refractivity (Wildman–Crippen MR) is 122 cm³/mol. The van der Waals surface area contributed by atoms with E-state index in [4.69, 9.17) is 0 Å². The molecular formula is C26H20FN3O3. The first kappa shape index (κ1) is 21.8. The molecule has 3 aromatic carbocycles. The fourth-order valence-electron chi connectivity index (χ4n) is 3.97. The minimum Gasteiger partial charge on any atom is -0.297 e. The molecule has 1 heterocycles. The Kier molecular flexibility index (Phi) is 6.22. The molecular weight excluding hydrogens is 421 g/mol. The molecule has 0 bridgehead atoms. The van der Waals surface area contributed by atoms with Gasteiger partial charge in [0.25, 0.3) is 0 Å². The topological polar surface area (TPSA) is 78.0 Å². The highest BCUT2D eigenvalue weighted by molar-refractivity contribution is 5.99. The summed E-state index contributed by atoms with van der Waals surface area (Å²) in [5.41, 5.74) is 0.765. The van der Waals surface area contributed by atoms with Crippen LogP contribution in [0.5, 0.6) is 0 Å². The Morgan fingerprint density at radius 1 is 0.939 bits per heavy atom. The fourth-order valence-corrected chi connectivity index (χ4v) is 3.97. The van der Waals surface area contributed by atoms with Crippen LogP contribution >= 0.6 is 0 Å². The molecule has 2 atom stereocenters. The summed E-state index contributed by atoms with van der Waals surface area (Å²) in [6.45, 7) is 3.62. The van der Waals surface area contributed by atoms with E-state index in [0.29, 0.717) is 11.3 Å². The van der Waals surface area contributed by atoms with Crippen LogP contribution in [0.15, 0.2) is 110 Å². The number of aromatic nitrogens is 2. The maximum atomic E-state index is 14.9. The maximum absolute atomic E-state index is 14.9. The van der Waals surface area contributed by atoms with E-state index < -0.39 is 34.1 Å². The third-order valence-corrected chi connectivity index (χ3v) is 5.50. The molecule has 0 aliphatic carbocycles. The summed E-state index contributed by atoms with van der Waals surface area (Å²) in [6.07, 6.45) is 3.13. The SMILES string of the molecule is C=C(C(c1ccccc1F)C(C(=O)c1nccn1-c1ccccc1)c1ccccc1)[N+](=O)[O-]. The maximum Gasteiger partial charge on any atom is 0.247 e. The summed E-state index contributed by atoms with van der Waals surface area (Å²) in [5.74, 6) is -3.40. The van der Waals surface area contributed by atoms with Gasteiger partial charge in [-0.15, -0.1) is 0 Å². The number of nitrogens with zero attached hydrogens (tertiary/aromatic N) is 3. The second-order valence-electron chi connectivity index (χ2n) is 7.46. The third-order valence-electron chi connectivity index (χ3n) is 5.50. The van der Waals surface area contributed by atoms with Gasteiger partial charge in [-0.2, -0.15) is 0 Å². The van der Waals surface area contributed by atoms with E-state index in [1.54, 1.807) is 47.2 Å². The molecule has 1 aromatic heterocycles. The van der Waals surface area contributed by atoms with Crippen molar-refractivity contribution in [3.05, 3.63) is 142 Å². The molecule has 0 aliphatic rings. The van der Waals surface area contributed by atoms with E-state index in [9.17, 15) is 19.3 Å². The van der Waals surface area contributed by atoms with E-state index in [1.807, 2.05) is 30.3 Å². The molecule has 0 N–H and O–H groups in total. The molecule has 164 valence electrons. The molecule has 0 radical (unpaired) electrons. The summed E-state index contributed by atoms with van der Waals surface area (Å²) in [6, 6.07) is 23.5. The van der Waals surface area contributed by atoms with Crippen molar-refractivity contribution in [3.63, 3.8) is 0 Å². The number of hydrogen-bond donors (Lipinski definition) is 0. The van der Waals surface area contributed by atoms with Crippen LogP contribution in [0.1, 0.15) is 33.6 Å². The summed E-state index contributed by atoms with van der Waals surface area (Å²) in [7, 11) is 0. The number of imidazole rings is 1. The van der Waals surface area contributed by atoms with Crippen LogP contribution in [0, 0.1) is 15.9 Å². The highest BCUT2D eigenvalue weighted by Gasteiger charge is 2.41. The molecule has 0 aliphatic heterocycles. The van der Waals surface area contributed by atoms with Gasteiger partial charge in [0.2, 0.25) is 11.5 Å². The van der Waals surface area contributed by atoms with Crippen LogP contribution in [0.2, 0.25) is 0 Å². The van der Waals surface area contributed by atoms with E-state index in [0.717, 1.165) is 0 Å². The van der Waals surface area contributed by atoms with E-state index in [2.05, 4.69) is 11.6 Å². The highest BCUT2D eigenvalue weighted by Crippen LogP contribution is 2.41. The first-order chi connectivity index (χ1) is 16.0. The lowest BCUT2D eigenvalue weighted by atomic mass is 9.76. The number of allylic oxidation sites excluding steroid dienone is 1.